The van der Waals surface area contributed by atoms with Gasteiger partial charge in [-0.2, -0.15) is 0 Å². The monoisotopic (exact) mass is 219 g/mol. The Kier molecular flexibility index (Phi) is 3.19. The normalized spacial score (nSPS) is 15.5. The van der Waals surface area contributed by atoms with Gasteiger partial charge in [0.05, 0.1) is 12.1 Å². The molecule has 1 aromatic carbocycles. The minimum absolute atomic E-state index is 0.174. The van der Waals surface area contributed by atoms with Gasteiger partial charge >= 0.3 is 0 Å². The summed E-state index contributed by atoms with van der Waals surface area (Å²) in [7, 11) is 0. The molecule has 0 aromatic heterocycles. The molecule has 0 saturated heterocycles. The Bertz CT molecular complexity index is 312. The second kappa shape index (κ2) is 3.84. The van der Waals surface area contributed by atoms with E-state index < -0.39 is 5.54 Å². The van der Waals surface area contributed by atoms with Crippen LogP contribution in [0.15, 0.2) is 18.2 Å². The maximum absolute atomic E-state index is 9.04. The second-order valence-electron chi connectivity index (χ2n) is 3.20. The van der Waals surface area contributed by atoms with Crippen LogP contribution in [0, 0.1) is 0 Å². The smallest absolute Gasteiger partial charge is 0.0651 e. The van der Waals surface area contributed by atoms with Gasteiger partial charge in [0.15, 0.2) is 0 Å². The van der Waals surface area contributed by atoms with Crippen LogP contribution < -0.4 is 5.73 Å². The molecule has 1 unspecified atom stereocenters. The van der Waals surface area contributed by atoms with E-state index in [-0.39, 0.29) is 6.61 Å². The molecule has 13 heavy (non-hydrogen) atoms. The van der Waals surface area contributed by atoms with E-state index >= 15 is 0 Å². The molecular weight excluding hydrogens is 209 g/mol. The molecule has 3 N–H and O–H groups in total. The van der Waals surface area contributed by atoms with Crippen molar-refractivity contribution in [1.29, 1.82) is 0 Å². The maximum Gasteiger partial charge on any atom is 0.0651 e. The van der Waals surface area contributed by atoms with Crippen LogP contribution in [0.5, 0.6) is 0 Å². The van der Waals surface area contributed by atoms with Crippen molar-refractivity contribution in [3.05, 3.63) is 33.8 Å². The number of aliphatic hydroxyl groups is 1. The van der Waals surface area contributed by atoms with Gasteiger partial charge < -0.3 is 10.8 Å². The lowest BCUT2D eigenvalue weighted by Gasteiger charge is -2.23. The highest BCUT2D eigenvalue weighted by Crippen LogP contribution is 2.28. The highest BCUT2D eigenvalue weighted by Gasteiger charge is 2.22. The Hall–Kier alpha value is -0.280. The molecule has 0 aliphatic heterocycles. The zero-order valence-corrected chi connectivity index (χ0v) is 8.73. The van der Waals surface area contributed by atoms with E-state index in [0.29, 0.717) is 15.6 Å². The molecule has 72 valence electrons. The van der Waals surface area contributed by atoms with Gasteiger partial charge in [-0.15, -0.1) is 0 Å². The number of halogens is 2. The first-order valence-corrected chi connectivity index (χ1v) is 4.58. The largest absolute Gasteiger partial charge is 0.394 e. The van der Waals surface area contributed by atoms with Gasteiger partial charge in [0.1, 0.15) is 0 Å². The molecule has 0 aliphatic carbocycles. The molecule has 1 rings (SSSR count). The van der Waals surface area contributed by atoms with Crippen molar-refractivity contribution in [3.63, 3.8) is 0 Å². The first-order chi connectivity index (χ1) is 5.97. The summed E-state index contributed by atoms with van der Waals surface area (Å²) in [5.41, 5.74) is 5.63. The van der Waals surface area contributed by atoms with Gasteiger partial charge in [0.2, 0.25) is 0 Å². The van der Waals surface area contributed by atoms with Crippen molar-refractivity contribution in [2.45, 2.75) is 12.5 Å². The maximum atomic E-state index is 9.04. The number of hydrogen-bond donors (Lipinski definition) is 2. The highest BCUT2D eigenvalue weighted by molar-refractivity contribution is 6.33. The molecule has 4 heteroatoms. The number of rotatable bonds is 2. The van der Waals surface area contributed by atoms with E-state index in [9.17, 15) is 0 Å². The number of hydrogen-bond acceptors (Lipinski definition) is 2. The van der Waals surface area contributed by atoms with E-state index in [2.05, 4.69) is 0 Å². The third kappa shape index (κ3) is 2.35. The van der Waals surface area contributed by atoms with Crippen molar-refractivity contribution >= 4 is 23.2 Å². The fourth-order valence-corrected chi connectivity index (χ4v) is 1.53. The average Bonchev–Trinajstić information content (AvgIpc) is 2.09. The predicted octanol–water partition coefficient (Wildman–Crippen LogP) is 2.16. The number of benzene rings is 1. The Morgan fingerprint density at radius 1 is 1.46 bits per heavy atom. The quantitative estimate of drug-likeness (QED) is 0.802. The summed E-state index contributed by atoms with van der Waals surface area (Å²) in [4.78, 5) is 0. The Labute approximate surface area is 87.3 Å². The van der Waals surface area contributed by atoms with Crippen molar-refractivity contribution in [2.24, 2.45) is 5.73 Å². The molecule has 0 heterocycles. The molecule has 0 amide bonds. The number of aliphatic hydroxyl groups excluding tert-OH is 1. The summed E-state index contributed by atoms with van der Waals surface area (Å²) in [6, 6.07) is 5.01. The van der Waals surface area contributed by atoms with Crippen LogP contribution in [-0.2, 0) is 5.54 Å². The molecule has 0 fully saturated rings. The Balaban J connectivity index is 3.20. The van der Waals surface area contributed by atoms with E-state index in [1.54, 1.807) is 25.1 Å². The molecule has 0 bridgehead atoms. The third-order valence-corrected chi connectivity index (χ3v) is 2.44. The molecule has 2 nitrogen and oxygen atoms in total. The zero-order chi connectivity index (χ0) is 10.1. The topological polar surface area (TPSA) is 46.2 Å². The van der Waals surface area contributed by atoms with E-state index in [1.165, 1.54) is 0 Å². The fraction of sp³-hybridized carbons (Fsp3) is 0.333. The zero-order valence-electron chi connectivity index (χ0n) is 7.22. The van der Waals surface area contributed by atoms with Gasteiger partial charge in [-0.05, 0) is 30.7 Å². The highest BCUT2D eigenvalue weighted by atomic mass is 35.5. The van der Waals surface area contributed by atoms with Crippen LogP contribution in [0.4, 0.5) is 0 Å². The van der Waals surface area contributed by atoms with Crippen molar-refractivity contribution < 1.29 is 5.11 Å². The summed E-state index contributed by atoms with van der Waals surface area (Å²) in [5, 5.41) is 10.1. The Morgan fingerprint density at radius 3 is 2.62 bits per heavy atom. The fourth-order valence-electron chi connectivity index (χ4n) is 1.02. The lowest BCUT2D eigenvalue weighted by molar-refractivity contribution is 0.210. The standard InChI is InChI=1S/C9H11Cl2NO/c1-9(12,5-13)7-4-6(10)2-3-8(7)11/h2-4,13H,5,12H2,1H3. The molecule has 1 aromatic rings. The minimum atomic E-state index is -0.845. The van der Waals surface area contributed by atoms with Gasteiger partial charge in [0.25, 0.3) is 0 Å². The van der Waals surface area contributed by atoms with Crippen LogP contribution in [0.25, 0.3) is 0 Å². The molecule has 0 saturated carbocycles. The summed E-state index contributed by atoms with van der Waals surface area (Å²) >= 11 is 11.7. The van der Waals surface area contributed by atoms with Crippen LogP contribution in [-0.4, -0.2) is 11.7 Å². The molecule has 0 spiro atoms. The number of nitrogens with two attached hydrogens (primary N) is 1. The van der Waals surface area contributed by atoms with Crippen LogP contribution in [0.3, 0.4) is 0 Å². The first kappa shape index (κ1) is 10.8. The average molecular weight is 220 g/mol. The third-order valence-electron chi connectivity index (χ3n) is 1.87. The van der Waals surface area contributed by atoms with E-state index in [1.807, 2.05) is 0 Å². The van der Waals surface area contributed by atoms with Crippen LogP contribution >= 0.6 is 23.2 Å². The summed E-state index contributed by atoms with van der Waals surface area (Å²) in [6.07, 6.45) is 0. The van der Waals surface area contributed by atoms with Gasteiger partial charge in [-0.25, -0.2) is 0 Å². The molecule has 1 atom stereocenters. The summed E-state index contributed by atoms with van der Waals surface area (Å²) < 4.78 is 0. The van der Waals surface area contributed by atoms with Gasteiger partial charge in [0, 0.05) is 10.0 Å². The summed E-state index contributed by atoms with van der Waals surface area (Å²) in [5.74, 6) is 0. The van der Waals surface area contributed by atoms with E-state index in [4.69, 9.17) is 34.0 Å². The summed E-state index contributed by atoms with van der Waals surface area (Å²) in [6.45, 7) is 1.53. The lowest BCUT2D eigenvalue weighted by atomic mass is 9.94. The van der Waals surface area contributed by atoms with Gasteiger partial charge in [-0.3, -0.25) is 0 Å². The predicted molar refractivity (Wildman–Crippen MR) is 55.1 cm³/mol. The van der Waals surface area contributed by atoms with Crippen molar-refractivity contribution in [1.82, 2.24) is 0 Å². The molecular formula is C9H11Cl2NO. The SMILES string of the molecule is CC(N)(CO)c1cc(Cl)ccc1Cl. The Morgan fingerprint density at radius 2 is 2.08 bits per heavy atom. The van der Waals surface area contributed by atoms with Crippen molar-refractivity contribution in [3.8, 4) is 0 Å². The molecule has 0 aliphatic rings. The van der Waals surface area contributed by atoms with Crippen LogP contribution in [0.2, 0.25) is 10.0 Å². The van der Waals surface area contributed by atoms with Crippen LogP contribution in [0.1, 0.15) is 12.5 Å². The minimum Gasteiger partial charge on any atom is -0.394 e. The lowest BCUT2D eigenvalue weighted by Crippen LogP contribution is -2.37. The second-order valence-corrected chi connectivity index (χ2v) is 4.04. The molecule has 0 radical (unpaired) electrons. The first-order valence-electron chi connectivity index (χ1n) is 3.82. The van der Waals surface area contributed by atoms with E-state index in [0.717, 1.165) is 0 Å². The van der Waals surface area contributed by atoms with Crippen molar-refractivity contribution in [2.75, 3.05) is 6.61 Å². The van der Waals surface area contributed by atoms with Gasteiger partial charge in [-0.1, -0.05) is 23.2 Å².